The lowest BCUT2D eigenvalue weighted by Crippen LogP contribution is -2.20. The van der Waals surface area contributed by atoms with Gasteiger partial charge in [0.1, 0.15) is 5.75 Å². The van der Waals surface area contributed by atoms with E-state index in [4.69, 9.17) is 0 Å². The lowest BCUT2D eigenvalue weighted by molar-refractivity contribution is -0.274. The van der Waals surface area contributed by atoms with E-state index >= 15 is 0 Å². The number of carbonyl (C=O) groups is 1. The Morgan fingerprint density at radius 2 is 1.92 bits per heavy atom. The zero-order valence-electron chi connectivity index (χ0n) is 13.5. The topological polar surface area (TPSA) is 51.2 Å². The van der Waals surface area contributed by atoms with E-state index in [1.165, 1.54) is 29.5 Å². The van der Waals surface area contributed by atoms with Gasteiger partial charge in [0.25, 0.3) is 5.91 Å². The van der Waals surface area contributed by atoms with Crippen LogP contribution in [-0.4, -0.2) is 17.3 Å². The zero-order chi connectivity index (χ0) is 18.7. The summed E-state index contributed by atoms with van der Waals surface area (Å²) in [6.07, 6.45) is -4.88. The Balaban J connectivity index is 1.83. The summed E-state index contributed by atoms with van der Waals surface area (Å²) in [5.74, 6) is -1.25. The maximum absolute atomic E-state index is 12.5. The van der Waals surface area contributed by atoms with Gasteiger partial charge in [-0.15, -0.1) is 24.5 Å². The summed E-state index contributed by atoms with van der Waals surface area (Å²) in [6, 6.07) is 12.1. The lowest BCUT2D eigenvalue weighted by Gasteiger charge is -2.13. The molecule has 0 saturated heterocycles. The monoisotopic (exact) mass is 378 g/mol. The minimum absolute atomic E-state index is 0.209. The van der Waals surface area contributed by atoms with E-state index in [1.807, 2.05) is 18.4 Å². The number of amides is 1. The van der Waals surface area contributed by atoms with Crippen LogP contribution in [0.25, 0.3) is 11.3 Å². The SMILES string of the molecule is Cc1nc(-c2cccc(NC(=O)c3ccccc3OC(F)(F)F)c2)cs1. The average Bonchev–Trinajstić information content (AvgIpc) is 3.00. The summed E-state index contributed by atoms with van der Waals surface area (Å²) in [4.78, 5) is 16.8. The summed E-state index contributed by atoms with van der Waals surface area (Å²) in [7, 11) is 0. The van der Waals surface area contributed by atoms with Gasteiger partial charge < -0.3 is 10.1 Å². The highest BCUT2D eigenvalue weighted by atomic mass is 32.1. The van der Waals surface area contributed by atoms with Crippen LogP contribution in [-0.2, 0) is 0 Å². The van der Waals surface area contributed by atoms with E-state index < -0.39 is 18.0 Å². The molecular formula is C18H13F3N2O2S. The van der Waals surface area contributed by atoms with Gasteiger partial charge in [-0.1, -0.05) is 24.3 Å². The normalized spacial score (nSPS) is 11.2. The Labute approximate surface area is 151 Å². The molecule has 1 amide bonds. The van der Waals surface area contributed by atoms with Gasteiger partial charge in [-0.3, -0.25) is 4.79 Å². The molecule has 1 N–H and O–H groups in total. The van der Waals surface area contributed by atoms with Crippen molar-refractivity contribution >= 4 is 22.9 Å². The minimum atomic E-state index is -4.88. The van der Waals surface area contributed by atoms with Crippen molar-refractivity contribution < 1.29 is 22.7 Å². The number of thiazole rings is 1. The van der Waals surface area contributed by atoms with E-state index in [0.717, 1.165) is 22.3 Å². The number of aromatic nitrogens is 1. The molecule has 0 aliphatic rings. The highest BCUT2D eigenvalue weighted by Crippen LogP contribution is 2.28. The highest BCUT2D eigenvalue weighted by Gasteiger charge is 2.32. The maximum Gasteiger partial charge on any atom is 0.573 e. The fourth-order valence-corrected chi connectivity index (χ4v) is 2.94. The van der Waals surface area contributed by atoms with Gasteiger partial charge in [0, 0.05) is 16.6 Å². The fraction of sp³-hybridized carbons (Fsp3) is 0.111. The number of carbonyl (C=O) groups excluding carboxylic acids is 1. The van der Waals surface area contributed by atoms with Crippen LogP contribution in [0.4, 0.5) is 18.9 Å². The first kappa shape index (κ1) is 17.9. The van der Waals surface area contributed by atoms with Gasteiger partial charge in [-0.05, 0) is 31.2 Å². The second kappa shape index (κ2) is 7.17. The van der Waals surface area contributed by atoms with Crippen LogP contribution in [0, 0.1) is 6.92 Å². The van der Waals surface area contributed by atoms with E-state index in [2.05, 4.69) is 15.0 Å². The molecule has 4 nitrogen and oxygen atoms in total. The highest BCUT2D eigenvalue weighted by molar-refractivity contribution is 7.09. The molecule has 134 valence electrons. The van der Waals surface area contributed by atoms with Gasteiger partial charge in [-0.25, -0.2) is 4.98 Å². The molecule has 3 aromatic rings. The predicted molar refractivity (Wildman–Crippen MR) is 93.4 cm³/mol. The average molecular weight is 378 g/mol. The standard InChI is InChI=1S/C18H13F3N2O2S/c1-11-22-15(10-26-11)12-5-4-6-13(9-12)23-17(24)14-7-2-3-8-16(14)25-18(19,20)21/h2-10H,1H3,(H,23,24). The third kappa shape index (κ3) is 4.40. The van der Waals surface area contributed by atoms with Crippen LogP contribution in [0.2, 0.25) is 0 Å². The predicted octanol–water partition coefficient (Wildman–Crippen LogP) is 5.27. The van der Waals surface area contributed by atoms with Crippen molar-refractivity contribution in [1.82, 2.24) is 4.98 Å². The molecular weight excluding hydrogens is 365 g/mol. The third-order valence-electron chi connectivity index (χ3n) is 3.39. The number of benzene rings is 2. The van der Waals surface area contributed by atoms with Crippen LogP contribution < -0.4 is 10.1 Å². The molecule has 0 saturated carbocycles. The Morgan fingerprint density at radius 3 is 2.62 bits per heavy atom. The number of rotatable bonds is 4. The van der Waals surface area contributed by atoms with Crippen LogP contribution in [0.5, 0.6) is 5.75 Å². The number of anilines is 1. The zero-order valence-corrected chi connectivity index (χ0v) is 14.3. The molecule has 2 aromatic carbocycles. The molecule has 0 aliphatic carbocycles. The van der Waals surface area contributed by atoms with E-state index in [1.54, 1.807) is 18.2 Å². The van der Waals surface area contributed by atoms with Crippen LogP contribution in [0.15, 0.2) is 53.9 Å². The summed E-state index contributed by atoms with van der Waals surface area (Å²) in [5, 5.41) is 5.39. The number of para-hydroxylation sites is 1. The van der Waals surface area contributed by atoms with E-state index in [-0.39, 0.29) is 5.56 Å². The second-order valence-corrected chi connectivity index (χ2v) is 6.39. The Morgan fingerprint density at radius 1 is 1.15 bits per heavy atom. The van der Waals surface area contributed by atoms with Gasteiger partial charge >= 0.3 is 6.36 Å². The minimum Gasteiger partial charge on any atom is -0.405 e. The molecule has 0 bridgehead atoms. The number of ether oxygens (including phenoxy) is 1. The summed E-state index contributed by atoms with van der Waals surface area (Å²) >= 11 is 1.50. The van der Waals surface area contributed by atoms with E-state index in [9.17, 15) is 18.0 Å². The van der Waals surface area contributed by atoms with Gasteiger partial charge in [0.2, 0.25) is 0 Å². The van der Waals surface area contributed by atoms with Crippen LogP contribution in [0.3, 0.4) is 0 Å². The van der Waals surface area contributed by atoms with Crippen molar-refractivity contribution in [3.8, 4) is 17.0 Å². The molecule has 8 heteroatoms. The van der Waals surface area contributed by atoms with Crippen molar-refractivity contribution in [2.24, 2.45) is 0 Å². The van der Waals surface area contributed by atoms with Crippen molar-refractivity contribution in [3.63, 3.8) is 0 Å². The molecule has 26 heavy (non-hydrogen) atoms. The number of aryl methyl sites for hydroxylation is 1. The Hall–Kier alpha value is -2.87. The Kier molecular flexibility index (Phi) is 4.94. The van der Waals surface area contributed by atoms with Crippen LogP contribution >= 0.6 is 11.3 Å². The number of nitrogens with one attached hydrogen (secondary N) is 1. The molecule has 0 spiro atoms. The largest absolute Gasteiger partial charge is 0.573 e. The fourth-order valence-electron chi connectivity index (χ4n) is 2.32. The molecule has 1 aromatic heterocycles. The van der Waals surface area contributed by atoms with Gasteiger partial charge in [-0.2, -0.15) is 0 Å². The summed E-state index contributed by atoms with van der Waals surface area (Å²) in [6.45, 7) is 1.89. The van der Waals surface area contributed by atoms with E-state index in [0.29, 0.717) is 5.69 Å². The first-order valence-corrected chi connectivity index (χ1v) is 8.38. The first-order valence-electron chi connectivity index (χ1n) is 7.50. The quantitative estimate of drug-likeness (QED) is 0.673. The maximum atomic E-state index is 12.5. The number of halogens is 3. The number of nitrogens with zero attached hydrogens (tertiary/aromatic N) is 1. The molecule has 1 heterocycles. The van der Waals surface area contributed by atoms with Crippen molar-refractivity contribution in [3.05, 3.63) is 64.5 Å². The number of hydrogen-bond donors (Lipinski definition) is 1. The molecule has 0 fully saturated rings. The third-order valence-corrected chi connectivity index (χ3v) is 4.17. The van der Waals surface area contributed by atoms with Crippen molar-refractivity contribution in [2.75, 3.05) is 5.32 Å². The first-order chi connectivity index (χ1) is 12.3. The van der Waals surface area contributed by atoms with Gasteiger partial charge in [0.15, 0.2) is 0 Å². The lowest BCUT2D eigenvalue weighted by atomic mass is 10.1. The summed E-state index contributed by atoms with van der Waals surface area (Å²) < 4.78 is 41.4. The summed E-state index contributed by atoms with van der Waals surface area (Å²) in [5.41, 5.74) is 1.80. The molecule has 3 rings (SSSR count). The van der Waals surface area contributed by atoms with Gasteiger partial charge in [0.05, 0.1) is 16.3 Å². The molecule has 0 unspecified atom stereocenters. The molecule has 0 aliphatic heterocycles. The molecule has 0 radical (unpaired) electrons. The van der Waals surface area contributed by atoms with Crippen molar-refractivity contribution in [1.29, 1.82) is 0 Å². The number of hydrogen-bond acceptors (Lipinski definition) is 4. The second-order valence-electron chi connectivity index (χ2n) is 5.33. The van der Waals surface area contributed by atoms with Crippen molar-refractivity contribution in [2.45, 2.75) is 13.3 Å². The Bertz CT molecular complexity index is 938. The smallest absolute Gasteiger partial charge is 0.405 e. The molecule has 0 atom stereocenters. The number of alkyl halides is 3. The van der Waals surface area contributed by atoms with Crippen LogP contribution in [0.1, 0.15) is 15.4 Å².